The van der Waals surface area contributed by atoms with E-state index in [2.05, 4.69) is 16.9 Å². The Labute approximate surface area is 131 Å². The van der Waals surface area contributed by atoms with Crippen LogP contribution < -0.4 is 4.83 Å². The monoisotopic (exact) mass is 316 g/mol. The maximum absolute atomic E-state index is 12.1. The number of sulfonamides is 1. The molecule has 0 fully saturated rings. The van der Waals surface area contributed by atoms with Gasteiger partial charge in [-0.15, -0.1) is 0 Å². The summed E-state index contributed by atoms with van der Waals surface area (Å²) in [6.45, 7) is 3.92. The van der Waals surface area contributed by atoms with Crippen LogP contribution in [0, 0.1) is 0 Å². The summed E-state index contributed by atoms with van der Waals surface area (Å²) in [4.78, 5) is 2.47. The Balaban J connectivity index is 2.12. The van der Waals surface area contributed by atoms with Crippen molar-refractivity contribution < 1.29 is 8.42 Å². The summed E-state index contributed by atoms with van der Waals surface area (Å²) in [5, 5.41) is 4.00. The minimum Gasteiger partial charge on any atom is -0.200 e. The van der Waals surface area contributed by atoms with Crippen molar-refractivity contribution in [2.45, 2.75) is 31.6 Å². The van der Waals surface area contributed by atoms with E-state index in [9.17, 15) is 8.42 Å². The van der Waals surface area contributed by atoms with Crippen LogP contribution in [-0.2, 0) is 16.4 Å². The lowest BCUT2D eigenvalue weighted by Crippen LogP contribution is -2.19. The molecule has 1 N–H and O–H groups in total. The Morgan fingerprint density at radius 1 is 1.05 bits per heavy atom. The van der Waals surface area contributed by atoms with Crippen molar-refractivity contribution in [3.63, 3.8) is 0 Å². The van der Waals surface area contributed by atoms with E-state index in [1.165, 1.54) is 17.7 Å². The van der Waals surface area contributed by atoms with E-state index in [1.807, 2.05) is 24.3 Å². The van der Waals surface area contributed by atoms with Gasteiger partial charge >= 0.3 is 0 Å². The van der Waals surface area contributed by atoms with E-state index in [4.69, 9.17) is 0 Å². The second-order valence-corrected chi connectivity index (χ2v) is 6.71. The van der Waals surface area contributed by atoms with Gasteiger partial charge < -0.3 is 0 Å². The third-order valence-electron chi connectivity index (χ3n) is 3.30. The molecule has 0 spiro atoms. The largest absolute Gasteiger partial charge is 0.276 e. The molecule has 0 saturated heterocycles. The number of hydrogen-bond donors (Lipinski definition) is 1. The van der Waals surface area contributed by atoms with Crippen molar-refractivity contribution in [2.24, 2.45) is 5.10 Å². The minimum atomic E-state index is -3.62. The minimum absolute atomic E-state index is 0.199. The van der Waals surface area contributed by atoms with Gasteiger partial charge in [-0.25, -0.2) is 0 Å². The molecule has 22 heavy (non-hydrogen) atoms. The summed E-state index contributed by atoms with van der Waals surface area (Å²) in [6, 6.07) is 16.2. The Morgan fingerprint density at radius 3 is 2.27 bits per heavy atom. The molecule has 0 aliphatic rings. The molecule has 4 nitrogen and oxygen atoms in total. The maximum Gasteiger partial charge on any atom is 0.276 e. The molecular formula is C17H20N2O2S. The van der Waals surface area contributed by atoms with Gasteiger partial charge in [0.05, 0.1) is 10.6 Å². The third-order valence-corrected chi connectivity index (χ3v) is 4.52. The van der Waals surface area contributed by atoms with Crippen LogP contribution in [0.2, 0.25) is 0 Å². The molecule has 0 amide bonds. The molecule has 0 heterocycles. The zero-order valence-corrected chi connectivity index (χ0v) is 13.6. The van der Waals surface area contributed by atoms with Gasteiger partial charge in [0, 0.05) is 0 Å². The number of nitrogens with one attached hydrogen (secondary N) is 1. The predicted molar refractivity (Wildman–Crippen MR) is 89.4 cm³/mol. The highest BCUT2D eigenvalue weighted by Crippen LogP contribution is 2.09. The van der Waals surface area contributed by atoms with Gasteiger partial charge in [-0.05, 0) is 36.6 Å². The molecule has 116 valence electrons. The van der Waals surface area contributed by atoms with E-state index in [0.717, 1.165) is 18.4 Å². The Bertz CT molecular complexity index is 736. The van der Waals surface area contributed by atoms with Gasteiger partial charge in [0.2, 0.25) is 0 Å². The molecule has 0 radical (unpaired) electrons. The van der Waals surface area contributed by atoms with E-state index < -0.39 is 10.0 Å². The number of hydrogen-bond acceptors (Lipinski definition) is 3. The van der Waals surface area contributed by atoms with Crippen molar-refractivity contribution in [3.8, 4) is 0 Å². The first kappa shape index (κ1) is 16.2. The smallest absolute Gasteiger partial charge is 0.200 e. The molecular weight excluding hydrogens is 296 g/mol. The van der Waals surface area contributed by atoms with Gasteiger partial charge in [0.15, 0.2) is 0 Å². The number of aryl methyl sites for hydroxylation is 1. The number of rotatable bonds is 6. The van der Waals surface area contributed by atoms with Gasteiger partial charge in [-0.2, -0.15) is 18.4 Å². The Kier molecular flexibility index (Phi) is 5.33. The first-order valence-corrected chi connectivity index (χ1v) is 8.71. The highest BCUT2D eigenvalue weighted by atomic mass is 32.2. The summed E-state index contributed by atoms with van der Waals surface area (Å²) in [6.07, 6.45) is 2.14. The lowest BCUT2D eigenvalue weighted by molar-refractivity contribution is 0.584. The zero-order chi connectivity index (χ0) is 16.0. The fraction of sp³-hybridized carbons (Fsp3) is 0.235. The number of benzene rings is 2. The van der Waals surface area contributed by atoms with Crippen molar-refractivity contribution in [2.75, 3.05) is 0 Å². The Morgan fingerprint density at radius 2 is 1.68 bits per heavy atom. The Hall–Kier alpha value is -2.14. The van der Waals surface area contributed by atoms with Crippen LogP contribution in [-0.4, -0.2) is 14.1 Å². The first-order valence-electron chi connectivity index (χ1n) is 7.23. The van der Waals surface area contributed by atoms with Gasteiger partial charge in [0.25, 0.3) is 10.0 Å². The van der Waals surface area contributed by atoms with Crippen LogP contribution in [0.5, 0.6) is 0 Å². The van der Waals surface area contributed by atoms with Crippen LogP contribution in [0.15, 0.2) is 64.6 Å². The molecule has 2 aromatic rings. The molecule has 0 aliphatic carbocycles. The fourth-order valence-electron chi connectivity index (χ4n) is 2.05. The highest BCUT2D eigenvalue weighted by Gasteiger charge is 2.11. The summed E-state index contributed by atoms with van der Waals surface area (Å²) in [5.74, 6) is 0. The second kappa shape index (κ2) is 7.22. The van der Waals surface area contributed by atoms with E-state index in [1.54, 1.807) is 25.1 Å². The molecule has 0 atom stereocenters. The number of hydrazone groups is 1. The first-order chi connectivity index (χ1) is 10.5. The van der Waals surface area contributed by atoms with Gasteiger partial charge in [0.1, 0.15) is 0 Å². The standard InChI is InChI=1S/C17H20N2O2S/c1-3-7-15-10-12-16(13-11-15)14(2)18-19-22(20,21)17-8-5-4-6-9-17/h4-6,8-13,19H,3,7H2,1-2H3/b18-14+. The zero-order valence-electron chi connectivity index (χ0n) is 12.8. The van der Waals surface area contributed by atoms with Crippen LogP contribution in [0.3, 0.4) is 0 Å². The van der Waals surface area contributed by atoms with E-state index in [-0.39, 0.29) is 4.90 Å². The normalized spacial score (nSPS) is 12.2. The molecule has 0 bridgehead atoms. The topological polar surface area (TPSA) is 58.5 Å². The number of nitrogens with zero attached hydrogens (tertiary/aromatic N) is 1. The van der Waals surface area contributed by atoms with Gasteiger partial charge in [-0.1, -0.05) is 55.8 Å². The van der Waals surface area contributed by atoms with Gasteiger partial charge in [-0.3, -0.25) is 0 Å². The van der Waals surface area contributed by atoms with Crippen molar-refractivity contribution in [3.05, 3.63) is 65.7 Å². The highest BCUT2D eigenvalue weighted by molar-refractivity contribution is 7.89. The molecule has 0 aromatic heterocycles. The predicted octanol–water partition coefficient (Wildman–Crippen LogP) is 3.34. The second-order valence-electron chi connectivity index (χ2n) is 5.05. The lowest BCUT2D eigenvalue weighted by atomic mass is 10.1. The summed E-state index contributed by atoms with van der Waals surface area (Å²) in [7, 11) is -3.62. The van der Waals surface area contributed by atoms with Crippen LogP contribution in [0.4, 0.5) is 0 Å². The van der Waals surface area contributed by atoms with E-state index >= 15 is 0 Å². The lowest BCUT2D eigenvalue weighted by Gasteiger charge is -2.06. The average Bonchev–Trinajstić information content (AvgIpc) is 2.54. The van der Waals surface area contributed by atoms with Crippen LogP contribution in [0.25, 0.3) is 0 Å². The van der Waals surface area contributed by atoms with E-state index in [0.29, 0.717) is 5.71 Å². The van der Waals surface area contributed by atoms with Crippen molar-refractivity contribution >= 4 is 15.7 Å². The molecule has 5 heteroatoms. The van der Waals surface area contributed by atoms with Crippen LogP contribution >= 0.6 is 0 Å². The maximum atomic E-state index is 12.1. The fourth-order valence-corrected chi connectivity index (χ4v) is 2.92. The summed E-state index contributed by atoms with van der Waals surface area (Å²) in [5.41, 5.74) is 2.79. The molecule has 2 rings (SSSR count). The van der Waals surface area contributed by atoms with Crippen LogP contribution in [0.1, 0.15) is 31.4 Å². The van der Waals surface area contributed by atoms with Crippen molar-refractivity contribution in [1.29, 1.82) is 0 Å². The quantitative estimate of drug-likeness (QED) is 0.656. The van der Waals surface area contributed by atoms with Crippen molar-refractivity contribution in [1.82, 2.24) is 4.83 Å². The molecule has 2 aromatic carbocycles. The third kappa shape index (κ3) is 4.18. The summed E-state index contributed by atoms with van der Waals surface area (Å²) >= 11 is 0. The molecule has 0 aliphatic heterocycles. The average molecular weight is 316 g/mol. The molecule has 0 saturated carbocycles. The summed E-state index contributed by atoms with van der Waals surface area (Å²) < 4.78 is 24.2. The SMILES string of the molecule is CCCc1ccc(/C(C)=N/NS(=O)(=O)c2ccccc2)cc1. The molecule has 0 unspecified atom stereocenters.